The van der Waals surface area contributed by atoms with Crippen LogP contribution in [0.2, 0.25) is 0 Å². The molecule has 1 aliphatic rings. The molecule has 0 heterocycles. The van der Waals surface area contributed by atoms with Crippen molar-refractivity contribution in [1.29, 1.82) is 0 Å². The number of anilines is 1. The number of methoxy groups -OCH3 is 3. The standard InChI is InChI=1S/C32H39N3O7S/c1-23(32(37)33-25-10-8-9-11-25)34(21-24-14-16-27(40-2)17-15-24)31(36)22-35(26-12-6-5-7-13-26)43(38,39)28-18-19-29(41-3)30(20-28)42-4/h5-7,12-20,23,25H,8-11,21-22H2,1-4H3,(H,33,37)/t23-/m1/s1. The lowest BCUT2D eigenvalue weighted by atomic mass is 10.1. The molecule has 2 amide bonds. The molecule has 1 atom stereocenters. The van der Waals surface area contributed by atoms with Crippen molar-refractivity contribution in [2.75, 3.05) is 32.2 Å². The number of nitrogens with zero attached hydrogens (tertiary/aromatic N) is 2. The van der Waals surface area contributed by atoms with Gasteiger partial charge in [0.25, 0.3) is 10.0 Å². The van der Waals surface area contributed by atoms with Gasteiger partial charge in [-0.25, -0.2) is 8.42 Å². The summed E-state index contributed by atoms with van der Waals surface area (Å²) in [6, 6.07) is 19.1. The molecule has 3 aromatic carbocycles. The molecule has 1 fully saturated rings. The number of benzene rings is 3. The van der Waals surface area contributed by atoms with E-state index in [1.165, 1.54) is 37.3 Å². The fourth-order valence-corrected chi connectivity index (χ4v) is 6.56. The van der Waals surface area contributed by atoms with Crippen LogP contribution in [-0.2, 0) is 26.2 Å². The monoisotopic (exact) mass is 609 g/mol. The van der Waals surface area contributed by atoms with Gasteiger partial charge in [-0.1, -0.05) is 43.2 Å². The third kappa shape index (κ3) is 7.59. The second-order valence-electron chi connectivity index (χ2n) is 10.4. The highest BCUT2D eigenvalue weighted by Crippen LogP contribution is 2.32. The molecule has 0 saturated heterocycles. The first-order chi connectivity index (χ1) is 20.7. The molecule has 1 saturated carbocycles. The largest absolute Gasteiger partial charge is 0.497 e. The van der Waals surface area contributed by atoms with Crippen LogP contribution in [0, 0.1) is 0 Å². The van der Waals surface area contributed by atoms with Crippen LogP contribution >= 0.6 is 0 Å². The van der Waals surface area contributed by atoms with Gasteiger partial charge in [-0.15, -0.1) is 0 Å². The number of para-hydroxylation sites is 1. The van der Waals surface area contributed by atoms with Crippen molar-refractivity contribution in [2.45, 2.75) is 56.1 Å². The van der Waals surface area contributed by atoms with E-state index in [4.69, 9.17) is 14.2 Å². The first kappa shape index (κ1) is 31.7. The van der Waals surface area contributed by atoms with Crippen LogP contribution in [0.5, 0.6) is 17.2 Å². The van der Waals surface area contributed by atoms with Crippen molar-refractivity contribution >= 4 is 27.5 Å². The van der Waals surface area contributed by atoms with E-state index in [-0.39, 0.29) is 29.1 Å². The first-order valence-electron chi connectivity index (χ1n) is 14.2. The summed E-state index contributed by atoms with van der Waals surface area (Å²) in [6.45, 7) is 1.24. The molecule has 0 aromatic heterocycles. The molecule has 0 spiro atoms. The molecule has 43 heavy (non-hydrogen) atoms. The van der Waals surface area contributed by atoms with Crippen LogP contribution in [0.25, 0.3) is 0 Å². The highest BCUT2D eigenvalue weighted by molar-refractivity contribution is 7.92. The molecular formula is C32H39N3O7S. The third-order valence-electron chi connectivity index (χ3n) is 7.65. The Hall–Kier alpha value is -4.25. The molecule has 11 heteroatoms. The number of amides is 2. The summed E-state index contributed by atoms with van der Waals surface area (Å²) in [5.74, 6) is 0.461. The van der Waals surface area contributed by atoms with Gasteiger partial charge in [0.15, 0.2) is 11.5 Å². The van der Waals surface area contributed by atoms with Crippen molar-refractivity contribution in [1.82, 2.24) is 10.2 Å². The van der Waals surface area contributed by atoms with Gasteiger partial charge in [0, 0.05) is 18.7 Å². The maximum Gasteiger partial charge on any atom is 0.264 e. The van der Waals surface area contributed by atoms with E-state index in [1.54, 1.807) is 56.5 Å². The Balaban J connectivity index is 1.69. The normalized spacial score (nSPS) is 14.0. The Morgan fingerprint density at radius 2 is 1.53 bits per heavy atom. The summed E-state index contributed by atoms with van der Waals surface area (Å²) in [6.07, 6.45) is 3.90. The maximum absolute atomic E-state index is 14.1. The summed E-state index contributed by atoms with van der Waals surface area (Å²) in [7, 11) is 0.192. The van der Waals surface area contributed by atoms with Crippen molar-refractivity contribution in [3.05, 3.63) is 78.4 Å². The molecule has 0 unspecified atom stereocenters. The van der Waals surface area contributed by atoms with E-state index >= 15 is 0 Å². The van der Waals surface area contributed by atoms with Gasteiger partial charge in [-0.05, 0) is 61.7 Å². The maximum atomic E-state index is 14.1. The average molecular weight is 610 g/mol. The molecular weight excluding hydrogens is 570 g/mol. The molecule has 10 nitrogen and oxygen atoms in total. The number of carbonyl (C=O) groups is 2. The summed E-state index contributed by atoms with van der Waals surface area (Å²) < 4.78 is 45.1. The SMILES string of the molecule is COc1ccc(CN(C(=O)CN(c2ccccc2)S(=O)(=O)c2ccc(OC)c(OC)c2)[C@H](C)C(=O)NC2CCCC2)cc1. The molecule has 0 bridgehead atoms. The lowest BCUT2D eigenvalue weighted by Crippen LogP contribution is -2.52. The molecule has 3 aromatic rings. The Kier molecular flexibility index (Phi) is 10.5. The molecule has 0 aliphatic heterocycles. The minimum absolute atomic E-state index is 0.0686. The van der Waals surface area contributed by atoms with Crippen LogP contribution in [0.4, 0.5) is 5.69 Å². The molecule has 230 valence electrons. The summed E-state index contributed by atoms with van der Waals surface area (Å²) in [5.41, 5.74) is 1.07. The highest BCUT2D eigenvalue weighted by Gasteiger charge is 2.33. The summed E-state index contributed by atoms with van der Waals surface area (Å²) in [5, 5.41) is 3.07. The van der Waals surface area contributed by atoms with Crippen molar-refractivity contribution in [2.24, 2.45) is 0 Å². The number of sulfonamides is 1. The van der Waals surface area contributed by atoms with Gasteiger partial charge in [0.2, 0.25) is 11.8 Å². The topological polar surface area (TPSA) is 114 Å². The van der Waals surface area contributed by atoms with Crippen LogP contribution < -0.4 is 23.8 Å². The second kappa shape index (κ2) is 14.3. The van der Waals surface area contributed by atoms with E-state index in [2.05, 4.69) is 5.32 Å². The number of hydrogen-bond acceptors (Lipinski definition) is 7. The Labute approximate surface area is 253 Å². The predicted molar refractivity (Wildman–Crippen MR) is 164 cm³/mol. The number of ether oxygens (including phenoxy) is 3. The lowest BCUT2D eigenvalue weighted by molar-refractivity contribution is -0.139. The Morgan fingerprint density at radius 1 is 0.884 bits per heavy atom. The van der Waals surface area contributed by atoms with Crippen LogP contribution in [-0.4, -0.2) is 65.1 Å². The fraction of sp³-hybridized carbons (Fsp3) is 0.375. The minimum Gasteiger partial charge on any atom is -0.497 e. The Bertz CT molecular complexity index is 1490. The average Bonchev–Trinajstić information content (AvgIpc) is 3.55. The summed E-state index contributed by atoms with van der Waals surface area (Å²) in [4.78, 5) is 28.8. The van der Waals surface area contributed by atoms with E-state index in [0.29, 0.717) is 17.2 Å². The van der Waals surface area contributed by atoms with Gasteiger partial charge in [0.05, 0.1) is 31.9 Å². The van der Waals surface area contributed by atoms with Gasteiger partial charge in [-0.2, -0.15) is 0 Å². The third-order valence-corrected chi connectivity index (χ3v) is 9.42. The van der Waals surface area contributed by atoms with Crippen LogP contribution in [0.15, 0.2) is 77.7 Å². The smallest absolute Gasteiger partial charge is 0.264 e. The zero-order chi connectivity index (χ0) is 31.0. The molecule has 4 rings (SSSR count). The van der Waals surface area contributed by atoms with Crippen molar-refractivity contribution < 1.29 is 32.2 Å². The van der Waals surface area contributed by atoms with Gasteiger partial charge in [0.1, 0.15) is 18.3 Å². The second-order valence-corrected chi connectivity index (χ2v) is 12.3. The Morgan fingerprint density at radius 3 is 2.14 bits per heavy atom. The quantitative estimate of drug-likeness (QED) is 0.306. The zero-order valence-corrected chi connectivity index (χ0v) is 25.8. The van der Waals surface area contributed by atoms with E-state index < -0.39 is 28.5 Å². The molecule has 0 radical (unpaired) electrons. The first-order valence-corrected chi connectivity index (χ1v) is 15.6. The van der Waals surface area contributed by atoms with Crippen LogP contribution in [0.3, 0.4) is 0 Å². The minimum atomic E-state index is -4.25. The zero-order valence-electron chi connectivity index (χ0n) is 25.0. The fourth-order valence-electron chi connectivity index (χ4n) is 5.13. The van der Waals surface area contributed by atoms with E-state index in [0.717, 1.165) is 35.6 Å². The van der Waals surface area contributed by atoms with Gasteiger partial charge < -0.3 is 24.4 Å². The highest BCUT2D eigenvalue weighted by atomic mass is 32.2. The predicted octanol–water partition coefficient (Wildman–Crippen LogP) is 4.38. The van der Waals surface area contributed by atoms with Gasteiger partial charge >= 0.3 is 0 Å². The molecule has 1 aliphatic carbocycles. The molecule has 1 N–H and O–H groups in total. The lowest BCUT2D eigenvalue weighted by Gasteiger charge is -2.32. The number of nitrogens with one attached hydrogen (secondary N) is 1. The van der Waals surface area contributed by atoms with E-state index in [1.807, 2.05) is 12.1 Å². The van der Waals surface area contributed by atoms with Crippen molar-refractivity contribution in [3.63, 3.8) is 0 Å². The number of hydrogen-bond donors (Lipinski definition) is 1. The van der Waals surface area contributed by atoms with Crippen molar-refractivity contribution in [3.8, 4) is 17.2 Å². The number of carbonyl (C=O) groups excluding carboxylic acids is 2. The van der Waals surface area contributed by atoms with Crippen LogP contribution in [0.1, 0.15) is 38.2 Å². The van der Waals surface area contributed by atoms with Gasteiger partial charge in [-0.3, -0.25) is 13.9 Å². The number of rotatable bonds is 13. The summed E-state index contributed by atoms with van der Waals surface area (Å²) >= 11 is 0. The van der Waals surface area contributed by atoms with E-state index in [9.17, 15) is 18.0 Å².